The van der Waals surface area contributed by atoms with Crippen LogP contribution >= 0.6 is 22.6 Å². The third-order valence-corrected chi connectivity index (χ3v) is 9.43. The molecular weight excluding hydrogens is 641 g/mol. The van der Waals surface area contributed by atoms with E-state index in [-0.39, 0.29) is 22.4 Å². The molecule has 0 unspecified atom stereocenters. The number of allylic oxidation sites excluding steroid dienone is 4. The molecule has 1 heterocycles. The minimum absolute atomic E-state index is 0.117. The third-order valence-electron chi connectivity index (χ3n) is 8.63. The largest absolute Gasteiger partial charge is 0.493 e. The van der Waals surface area contributed by atoms with Crippen LogP contribution in [0.2, 0.25) is 0 Å². The number of carbonyl (C=O) groups is 2. The van der Waals surface area contributed by atoms with Crippen molar-refractivity contribution in [2.75, 3.05) is 27.4 Å². The number of Topliss-reactive ketones (excluding diaryl/α,β-unsaturated/α-hetero) is 2. The number of aryl methyl sites for hydroxylation is 1. The fraction of sp³-hybridized carbons (Fsp3) is 0.486. The average Bonchev–Trinajstić information content (AvgIpc) is 2.90. The number of hydrogen-bond acceptors (Lipinski definition) is 6. The monoisotopic (exact) mass is 683 g/mol. The molecule has 6 nitrogen and oxygen atoms in total. The summed E-state index contributed by atoms with van der Waals surface area (Å²) in [5.74, 6) is 1.06. The van der Waals surface area contributed by atoms with Gasteiger partial charge in [-0.05, 0) is 76.4 Å². The summed E-state index contributed by atoms with van der Waals surface area (Å²) in [6.07, 6.45) is 2.45. The highest BCUT2D eigenvalue weighted by Gasteiger charge is 2.49. The molecule has 0 radical (unpaired) electrons. The molecule has 0 spiro atoms. The van der Waals surface area contributed by atoms with Crippen LogP contribution < -0.4 is 9.47 Å². The number of rotatable bonds is 8. The molecule has 0 N–H and O–H groups in total. The molecule has 0 atom stereocenters. The van der Waals surface area contributed by atoms with Gasteiger partial charge in [0.25, 0.3) is 0 Å². The first-order valence-corrected chi connectivity index (χ1v) is 15.8. The van der Waals surface area contributed by atoms with E-state index >= 15 is 0 Å². The van der Waals surface area contributed by atoms with E-state index in [0.717, 1.165) is 50.1 Å². The highest BCUT2D eigenvalue weighted by Crippen LogP contribution is 2.55. The van der Waals surface area contributed by atoms with Crippen molar-refractivity contribution >= 4 is 34.2 Å². The molecule has 2 aromatic rings. The Morgan fingerprint density at radius 2 is 1.45 bits per heavy atom. The van der Waals surface area contributed by atoms with E-state index in [1.165, 1.54) is 5.56 Å². The first-order chi connectivity index (χ1) is 19.8. The van der Waals surface area contributed by atoms with Gasteiger partial charge in [-0.1, -0.05) is 57.5 Å². The number of methoxy groups -OCH3 is 2. The molecule has 5 rings (SSSR count). The van der Waals surface area contributed by atoms with Crippen LogP contribution in [0.1, 0.15) is 76.0 Å². The van der Waals surface area contributed by atoms with E-state index in [2.05, 4.69) is 92.4 Å². The molecule has 0 bridgehead atoms. The molecular formula is C35H42INO5. The summed E-state index contributed by atoms with van der Waals surface area (Å²) in [7, 11) is 3.33. The molecule has 3 aliphatic rings. The van der Waals surface area contributed by atoms with Crippen molar-refractivity contribution in [2.24, 2.45) is 10.8 Å². The molecule has 0 fully saturated rings. The van der Waals surface area contributed by atoms with Crippen LogP contribution in [0.5, 0.6) is 11.5 Å². The van der Waals surface area contributed by atoms with Crippen molar-refractivity contribution in [3.05, 3.63) is 79.2 Å². The number of ketones is 2. The second-order valence-corrected chi connectivity index (χ2v) is 14.7. The smallest absolute Gasteiger partial charge is 0.174 e. The summed E-state index contributed by atoms with van der Waals surface area (Å²) in [6, 6.07) is 12.3. The molecule has 0 saturated carbocycles. The highest BCUT2D eigenvalue weighted by atomic mass is 127. The van der Waals surface area contributed by atoms with Crippen LogP contribution in [0.25, 0.3) is 0 Å². The molecule has 2 aliphatic carbocycles. The molecule has 224 valence electrons. The van der Waals surface area contributed by atoms with Gasteiger partial charge in [-0.3, -0.25) is 9.59 Å². The lowest BCUT2D eigenvalue weighted by atomic mass is 9.63. The van der Waals surface area contributed by atoms with E-state index in [0.29, 0.717) is 44.1 Å². The SMILES string of the molecule is COCCN1C2=C(C(=O)CC(C)(C)C2)C(c2cc(I)c(OCc3ccc(C)cc3)c(OC)c2)C2=C1CC(C)(C)CC2=O. The van der Waals surface area contributed by atoms with Gasteiger partial charge in [-0.15, -0.1) is 0 Å². The maximum Gasteiger partial charge on any atom is 0.174 e. The third kappa shape index (κ3) is 6.05. The molecule has 0 amide bonds. The lowest BCUT2D eigenvalue weighted by Gasteiger charge is -2.49. The molecule has 1 aliphatic heterocycles. The van der Waals surface area contributed by atoms with Gasteiger partial charge in [-0.25, -0.2) is 0 Å². The summed E-state index contributed by atoms with van der Waals surface area (Å²) < 4.78 is 18.5. The van der Waals surface area contributed by atoms with Crippen molar-refractivity contribution in [3.8, 4) is 11.5 Å². The van der Waals surface area contributed by atoms with Crippen molar-refractivity contribution in [1.82, 2.24) is 4.90 Å². The zero-order valence-electron chi connectivity index (χ0n) is 25.9. The predicted molar refractivity (Wildman–Crippen MR) is 173 cm³/mol. The zero-order chi connectivity index (χ0) is 30.4. The fourth-order valence-electron chi connectivity index (χ4n) is 6.72. The minimum atomic E-state index is -0.436. The Morgan fingerprint density at radius 1 is 0.881 bits per heavy atom. The normalized spacial score (nSPS) is 20.0. The highest BCUT2D eigenvalue weighted by molar-refractivity contribution is 14.1. The van der Waals surface area contributed by atoms with Crippen molar-refractivity contribution in [2.45, 2.75) is 72.8 Å². The van der Waals surface area contributed by atoms with E-state index in [1.807, 2.05) is 6.07 Å². The van der Waals surface area contributed by atoms with Gasteiger partial charge in [0, 0.05) is 55.0 Å². The van der Waals surface area contributed by atoms with Crippen LogP contribution in [0.15, 0.2) is 58.9 Å². The van der Waals surface area contributed by atoms with Crippen molar-refractivity contribution in [1.29, 1.82) is 0 Å². The van der Waals surface area contributed by atoms with E-state index < -0.39 is 5.92 Å². The maximum absolute atomic E-state index is 14.0. The number of nitrogens with zero attached hydrogens (tertiary/aromatic N) is 1. The first-order valence-electron chi connectivity index (χ1n) is 14.7. The van der Waals surface area contributed by atoms with Crippen LogP contribution in [0.3, 0.4) is 0 Å². The lowest BCUT2D eigenvalue weighted by Crippen LogP contribution is -2.45. The Kier molecular flexibility index (Phi) is 8.65. The van der Waals surface area contributed by atoms with Crippen molar-refractivity contribution < 1.29 is 23.8 Å². The quantitative estimate of drug-likeness (QED) is 0.269. The summed E-state index contributed by atoms with van der Waals surface area (Å²) in [4.78, 5) is 30.3. The van der Waals surface area contributed by atoms with Gasteiger partial charge in [0.15, 0.2) is 23.1 Å². The average molecular weight is 684 g/mol. The van der Waals surface area contributed by atoms with Gasteiger partial charge < -0.3 is 19.1 Å². The second kappa shape index (κ2) is 11.8. The lowest BCUT2D eigenvalue weighted by molar-refractivity contribution is -0.119. The Labute approximate surface area is 263 Å². The number of ether oxygens (including phenoxy) is 3. The van der Waals surface area contributed by atoms with Gasteiger partial charge in [0.1, 0.15) is 6.61 Å². The number of hydrogen-bond donors (Lipinski definition) is 0. The number of benzene rings is 2. The fourth-order valence-corrected chi connectivity index (χ4v) is 7.50. The van der Waals surface area contributed by atoms with E-state index in [4.69, 9.17) is 14.2 Å². The topological polar surface area (TPSA) is 65.1 Å². The van der Waals surface area contributed by atoms with Crippen LogP contribution in [0.4, 0.5) is 0 Å². The minimum Gasteiger partial charge on any atom is -0.493 e. The van der Waals surface area contributed by atoms with E-state index in [1.54, 1.807) is 14.2 Å². The van der Waals surface area contributed by atoms with E-state index in [9.17, 15) is 9.59 Å². The summed E-state index contributed by atoms with van der Waals surface area (Å²) in [5, 5.41) is 0. The van der Waals surface area contributed by atoms with Crippen molar-refractivity contribution in [3.63, 3.8) is 0 Å². The predicted octanol–water partition coefficient (Wildman–Crippen LogP) is 7.52. The summed E-state index contributed by atoms with van der Waals surface area (Å²) in [6.45, 7) is 12.2. The second-order valence-electron chi connectivity index (χ2n) is 13.5. The Bertz CT molecular complexity index is 1410. The standard InChI is InChI=1S/C35H42INO5/c1-21-8-10-22(11-9-21)20-42-33-24(36)14-23(15-29(33)41-7)30-31-25(16-34(2,3)18-27(31)38)37(12-13-40-6)26-17-35(4,5)19-28(39)32(26)30/h8-11,14-15,30H,12-13,16-20H2,1-7H3. The molecule has 7 heteroatoms. The molecule has 0 saturated heterocycles. The van der Waals surface area contributed by atoms with Gasteiger partial charge in [-0.2, -0.15) is 0 Å². The van der Waals surface area contributed by atoms with Crippen LogP contribution in [-0.2, 0) is 20.9 Å². The van der Waals surface area contributed by atoms with Gasteiger partial charge >= 0.3 is 0 Å². The molecule has 0 aromatic heterocycles. The molecule has 42 heavy (non-hydrogen) atoms. The Morgan fingerprint density at radius 3 is 1.98 bits per heavy atom. The summed E-state index contributed by atoms with van der Waals surface area (Å²) >= 11 is 2.28. The number of halogens is 1. The zero-order valence-corrected chi connectivity index (χ0v) is 28.0. The van der Waals surface area contributed by atoms with Crippen LogP contribution in [-0.4, -0.2) is 43.8 Å². The number of carbonyl (C=O) groups excluding carboxylic acids is 2. The van der Waals surface area contributed by atoms with Crippen LogP contribution in [0, 0.1) is 21.3 Å². The Hall–Kier alpha value is -2.65. The summed E-state index contributed by atoms with van der Waals surface area (Å²) in [5.41, 5.74) is 6.41. The Balaban J connectivity index is 1.65. The maximum atomic E-state index is 14.0. The van der Waals surface area contributed by atoms with Gasteiger partial charge in [0.2, 0.25) is 0 Å². The first kappa shape index (κ1) is 30.8. The van der Waals surface area contributed by atoms with Gasteiger partial charge in [0.05, 0.1) is 17.3 Å². The molecule has 2 aromatic carbocycles.